The van der Waals surface area contributed by atoms with E-state index < -0.39 is 11.8 Å². The number of amides is 2. The molecule has 0 unspecified atom stereocenters. The zero-order valence-electron chi connectivity index (χ0n) is 19.3. The number of aromatic nitrogens is 5. The van der Waals surface area contributed by atoms with Crippen LogP contribution in [0.25, 0.3) is 16.5 Å². The minimum Gasteiger partial charge on any atom is -0.267 e. The molecule has 4 rings (SSSR count). The second-order valence-corrected chi connectivity index (χ2v) is 8.38. The number of benzene rings is 2. The number of carbonyl (C=O) groups is 2. The first-order chi connectivity index (χ1) is 16.9. The van der Waals surface area contributed by atoms with Crippen molar-refractivity contribution in [1.29, 1.82) is 0 Å². The second kappa shape index (κ2) is 10.5. The van der Waals surface area contributed by atoms with Gasteiger partial charge in [0.15, 0.2) is 11.4 Å². The molecule has 2 amide bonds. The first-order valence-corrected chi connectivity index (χ1v) is 11.6. The van der Waals surface area contributed by atoms with Crippen molar-refractivity contribution in [2.75, 3.05) is 0 Å². The van der Waals surface area contributed by atoms with E-state index in [1.54, 1.807) is 55.5 Å². The quantitative estimate of drug-likeness (QED) is 0.301. The minimum atomic E-state index is -0.654. The lowest BCUT2D eigenvalue weighted by molar-refractivity contribution is 0.0840. The van der Waals surface area contributed by atoms with Crippen molar-refractivity contribution in [3.05, 3.63) is 81.0 Å². The van der Waals surface area contributed by atoms with Gasteiger partial charge in [-0.25, -0.2) is 4.68 Å². The Morgan fingerprint density at radius 1 is 0.914 bits per heavy atom. The molecule has 35 heavy (non-hydrogen) atoms. The lowest BCUT2D eigenvalue weighted by Gasteiger charge is -2.11. The molecule has 0 saturated carbocycles. The molecule has 0 radical (unpaired) electrons. The highest BCUT2D eigenvalue weighted by atomic mass is 35.5. The van der Waals surface area contributed by atoms with Crippen molar-refractivity contribution in [2.24, 2.45) is 0 Å². The third-order valence-electron chi connectivity index (χ3n) is 5.38. The maximum atomic E-state index is 13.0. The van der Waals surface area contributed by atoms with E-state index in [0.717, 1.165) is 19.3 Å². The fourth-order valence-electron chi connectivity index (χ4n) is 3.60. The monoisotopic (exact) mass is 493 g/mol. The molecule has 10 nitrogen and oxygen atoms in total. The van der Waals surface area contributed by atoms with Gasteiger partial charge in [0.1, 0.15) is 0 Å². The first-order valence-electron chi connectivity index (χ1n) is 11.2. The van der Waals surface area contributed by atoms with E-state index in [4.69, 9.17) is 11.6 Å². The summed E-state index contributed by atoms with van der Waals surface area (Å²) < 4.78 is 1.30. The Balaban J connectivity index is 1.55. The summed E-state index contributed by atoms with van der Waals surface area (Å²) in [6.45, 7) is 4.09. The molecule has 2 N–H and O–H groups in total. The van der Waals surface area contributed by atoms with Crippen LogP contribution in [0, 0.1) is 6.92 Å². The number of carbonyl (C=O) groups excluding carboxylic acids is 2. The number of unbranched alkanes of at least 4 members (excludes halogenated alkanes) is 2. The number of halogens is 1. The summed E-state index contributed by atoms with van der Waals surface area (Å²) in [4.78, 5) is 39.8. The van der Waals surface area contributed by atoms with Crippen LogP contribution in [0.15, 0.2) is 53.3 Å². The molecule has 0 aliphatic carbocycles. The van der Waals surface area contributed by atoms with Crippen LogP contribution in [-0.4, -0.2) is 36.6 Å². The van der Waals surface area contributed by atoms with E-state index in [2.05, 4.69) is 33.1 Å². The van der Waals surface area contributed by atoms with Gasteiger partial charge in [0, 0.05) is 17.0 Å². The van der Waals surface area contributed by atoms with Gasteiger partial charge in [0.25, 0.3) is 17.4 Å². The molecular formula is C24H24ClN7O3. The Labute approximate surface area is 205 Å². The second-order valence-electron chi connectivity index (χ2n) is 7.94. The number of hydrogen-bond donors (Lipinski definition) is 2. The zero-order chi connectivity index (χ0) is 24.9. The van der Waals surface area contributed by atoms with Gasteiger partial charge in [0.05, 0.1) is 16.8 Å². The number of rotatable bonds is 7. The Morgan fingerprint density at radius 3 is 2.34 bits per heavy atom. The molecule has 2 aromatic heterocycles. The summed E-state index contributed by atoms with van der Waals surface area (Å²) in [7, 11) is 0. The largest absolute Gasteiger partial charge is 0.292 e. The number of hydrazine groups is 1. The number of fused-ring (bicyclic) bond motifs is 1. The highest BCUT2D eigenvalue weighted by molar-refractivity contribution is 6.30. The molecule has 11 heteroatoms. The molecule has 0 fully saturated rings. The van der Waals surface area contributed by atoms with E-state index in [1.807, 2.05) is 0 Å². The average molecular weight is 494 g/mol. The molecule has 2 aromatic carbocycles. The first kappa shape index (κ1) is 24.1. The van der Waals surface area contributed by atoms with Crippen LogP contribution in [0.4, 0.5) is 0 Å². The molecule has 0 atom stereocenters. The topological polar surface area (TPSA) is 124 Å². The minimum absolute atomic E-state index is 0.0348. The molecule has 0 saturated heterocycles. The van der Waals surface area contributed by atoms with E-state index in [1.165, 1.54) is 9.48 Å². The molecule has 0 aliphatic rings. The Hall–Kier alpha value is -4.05. The van der Waals surface area contributed by atoms with Gasteiger partial charge in [-0.05, 0) is 37.6 Å². The third-order valence-corrected chi connectivity index (χ3v) is 5.62. The van der Waals surface area contributed by atoms with E-state index in [9.17, 15) is 14.4 Å². The fourth-order valence-corrected chi connectivity index (χ4v) is 3.79. The molecular weight excluding hydrogens is 470 g/mol. The van der Waals surface area contributed by atoms with Crippen LogP contribution in [0.5, 0.6) is 0 Å². The summed E-state index contributed by atoms with van der Waals surface area (Å²) in [6.07, 6.45) is 2.69. The summed E-state index contributed by atoms with van der Waals surface area (Å²) in [5.74, 6) is -1.30. The molecule has 2 heterocycles. The van der Waals surface area contributed by atoms with E-state index in [-0.39, 0.29) is 16.9 Å². The van der Waals surface area contributed by atoms with Crippen molar-refractivity contribution in [2.45, 2.75) is 39.7 Å². The van der Waals surface area contributed by atoms with Crippen LogP contribution in [0.3, 0.4) is 0 Å². The predicted octanol–water partition coefficient (Wildman–Crippen LogP) is 3.20. The van der Waals surface area contributed by atoms with Crippen molar-refractivity contribution in [1.82, 2.24) is 35.6 Å². The summed E-state index contributed by atoms with van der Waals surface area (Å²) in [5, 5.41) is 14.0. The Kier molecular flexibility index (Phi) is 7.21. The maximum Gasteiger partial charge on any atom is 0.292 e. The molecule has 0 bridgehead atoms. The van der Waals surface area contributed by atoms with Gasteiger partial charge in [-0.2, -0.15) is 15.0 Å². The van der Waals surface area contributed by atoms with Gasteiger partial charge in [0.2, 0.25) is 0 Å². The van der Waals surface area contributed by atoms with E-state index in [0.29, 0.717) is 33.7 Å². The van der Waals surface area contributed by atoms with Gasteiger partial charge < -0.3 is 0 Å². The number of nitrogens with zero attached hydrogens (tertiary/aromatic N) is 5. The summed E-state index contributed by atoms with van der Waals surface area (Å²) in [6, 6.07) is 13.6. The van der Waals surface area contributed by atoms with Gasteiger partial charge >= 0.3 is 0 Å². The van der Waals surface area contributed by atoms with Gasteiger partial charge in [-0.3, -0.25) is 25.2 Å². The average Bonchev–Trinajstić information content (AvgIpc) is 3.25. The Morgan fingerprint density at radius 2 is 1.63 bits per heavy atom. The summed E-state index contributed by atoms with van der Waals surface area (Å²) >= 11 is 6.02. The lowest BCUT2D eigenvalue weighted by atomic mass is 10.1. The molecule has 4 aromatic rings. The number of hydrogen-bond acceptors (Lipinski definition) is 6. The predicted molar refractivity (Wildman–Crippen MR) is 132 cm³/mol. The van der Waals surface area contributed by atoms with Crippen molar-refractivity contribution >= 4 is 34.2 Å². The highest BCUT2D eigenvalue weighted by Gasteiger charge is 2.20. The maximum absolute atomic E-state index is 13.0. The smallest absolute Gasteiger partial charge is 0.267 e. The fraction of sp³-hybridized carbons (Fsp3) is 0.250. The normalized spacial score (nSPS) is 10.9. The van der Waals surface area contributed by atoms with Gasteiger partial charge in [-0.15, -0.1) is 5.10 Å². The number of aryl methyl sites for hydroxylation is 2. The highest BCUT2D eigenvalue weighted by Crippen LogP contribution is 2.15. The van der Waals surface area contributed by atoms with E-state index >= 15 is 0 Å². The van der Waals surface area contributed by atoms with Crippen LogP contribution in [-0.2, 0) is 6.54 Å². The molecule has 180 valence electrons. The van der Waals surface area contributed by atoms with Crippen LogP contribution in [0.2, 0.25) is 5.02 Å². The number of nitrogens with one attached hydrogen (secondary N) is 2. The third kappa shape index (κ3) is 5.22. The van der Waals surface area contributed by atoms with Crippen LogP contribution < -0.4 is 16.4 Å². The summed E-state index contributed by atoms with van der Waals surface area (Å²) in [5.41, 5.74) is 5.50. The van der Waals surface area contributed by atoms with Crippen molar-refractivity contribution in [3.8, 4) is 5.69 Å². The van der Waals surface area contributed by atoms with Crippen molar-refractivity contribution < 1.29 is 9.59 Å². The van der Waals surface area contributed by atoms with Crippen LogP contribution in [0.1, 0.15) is 52.9 Å². The van der Waals surface area contributed by atoms with Gasteiger partial charge in [-0.1, -0.05) is 55.6 Å². The molecule has 0 aliphatic heterocycles. The Bertz CT molecular complexity index is 1460. The van der Waals surface area contributed by atoms with Crippen LogP contribution >= 0.6 is 11.6 Å². The lowest BCUT2D eigenvalue weighted by Crippen LogP contribution is -2.43. The standard InChI is InChI=1S/C24H24ClN7O3/c1-3-4-7-13-31-24(35)19-12-6-5-11-18(19)21(29-31)23(34)27-26-22(33)20-15(2)28-32(30-20)17-10-8-9-16(25)14-17/h5-6,8-12,14H,3-4,7,13H2,1-2H3,(H,26,33)(H,27,34). The SMILES string of the molecule is CCCCCn1nc(C(=O)NNC(=O)c2nn(-c3cccc(Cl)c3)nc2C)c2ccccc2c1=O. The zero-order valence-corrected chi connectivity index (χ0v) is 20.0. The molecule has 0 spiro atoms. The van der Waals surface area contributed by atoms with Crippen molar-refractivity contribution in [3.63, 3.8) is 0 Å².